The number of nitrogens with one attached hydrogen (secondary N) is 6. The predicted molar refractivity (Wildman–Crippen MR) is 271 cm³/mol. The van der Waals surface area contributed by atoms with Gasteiger partial charge >= 0.3 is 12.2 Å². The smallest absolute Gasteiger partial charge is 0.407 e. The van der Waals surface area contributed by atoms with Crippen LogP contribution in [-0.4, -0.2) is 146 Å². The Morgan fingerprint density at radius 3 is 1.93 bits per heavy atom. The fourth-order valence-corrected chi connectivity index (χ4v) is 9.22. The van der Waals surface area contributed by atoms with Gasteiger partial charge < -0.3 is 50.9 Å². The maximum absolute atomic E-state index is 15.9. The number of benzene rings is 2. The molecule has 6 atom stereocenters. The number of halogens is 2. The fourth-order valence-electron chi connectivity index (χ4n) is 9.22. The topological polar surface area (TPSA) is 223 Å². The Morgan fingerprint density at radius 1 is 0.863 bits per heavy atom. The highest BCUT2D eigenvalue weighted by Crippen LogP contribution is 2.35. The van der Waals surface area contributed by atoms with Gasteiger partial charge in [0.25, 0.3) is 5.91 Å². The highest BCUT2D eigenvalue weighted by Gasteiger charge is 2.45. The predicted octanol–water partition coefficient (Wildman–Crippen LogP) is 4.38. The summed E-state index contributed by atoms with van der Waals surface area (Å²) in [6.07, 6.45) is 3.57. The summed E-state index contributed by atoms with van der Waals surface area (Å²) in [5.74, 6) is 3.75. The molecule has 6 rings (SSSR count). The van der Waals surface area contributed by atoms with Gasteiger partial charge in [0.15, 0.2) is 0 Å². The van der Waals surface area contributed by atoms with Gasteiger partial charge in [-0.15, -0.1) is 0 Å². The lowest BCUT2D eigenvalue weighted by Gasteiger charge is -2.47. The molecule has 7 N–H and O–H groups in total. The molecule has 2 aromatic carbocycles. The Labute approximate surface area is 426 Å². The first-order valence-electron chi connectivity index (χ1n) is 24.4. The van der Waals surface area contributed by atoms with Crippen molar-refractivity contribution < 1.29 is 47.3 Å². The van der Waals surface area contributed by atoms with Crippen molar-refractivity contribution >= 4 is 35.5 Å². The summed E-state index contributed by atoms with van der Waals surface area (Å²) in [6.45, 7) is 12.6. The number of methoxy groups -OCH3 is 2. The Balaban J connectivity index is 1.25. The molecule has 1 aromatic heterocycles. The number of hydrogen-bond acceptors (Lipinski definition) is 14. The number of carbonyl (C=O) groups excluding carboxylic acids is 4. The van der Waals surface area contributed by atoms with Gasteiger partial charge in [-0.1, -0.05) is 65.5 Å². The number of amides is 4. The first-order chi connectivity index (χ1) is 34.6. The van der Waals surface area contributed by atoms with Crippen molar-refractivity contribution in [1.82, 2.24) is 41.6 Å². The highest BCUT2D eigenvalue weighted by molar-refractivity contribution is 6.06. The van der Waals surface area contributed by atoms with Gasteiger partial charge in [0.1, 0.15) is 29.5 Å². The number of carbonyl (C=O) groups is 4. The van der Waals surface area contributed by atoms with E-state index >= 15 is 8.78 Å². The number of hydrogen-bond donors (Lipinski definition) is 7. The van der Waals surface area contributed by atoms with E-state index in [1.807, 2.05) is 12.1 Å². The fraction of sp³-hybridized carbons (Fsp3) is 0.509. The number of nitrogens with zero attached hydrogens (tertiary/aromatic N) is 4. The zero-order valence-electron chi connectivity index (χ0n) is 43.1. The van der Waals surface area contributed by atoms with Crippen molar-refractivity contribution in [3.05, 3.63) is 106 Å². The molecule has 20 heteroatoms. The van der Waals surface area contributed by atoms with E-state index in [-0.39, 0.29) is 17.7 Å². The molecule has 0 radical (unpaired) electrons. The van der Waals surface area contributed by atoms with Crippen LogP contribution in [0.15, 0.2) is 67.0 Å². The molecule has 3 fully saturated rings. The van der Waals surface area contributed by atoms with Crippen LogP contribution in [0.1, 0.15) is 82.2 Å². The highest BCUT2D eigenvalue weighted by atomic mass is 19.1. The SMILES string of the molecule is CN/C=C\C(=N)c1cc(F)c(CN(C[C@H](O)[C@H](Cc2ccc(C#Cc3ccc(N4CC5CCC(C4)N5C4COC4)nc3)cc2)NC(=O)[C@@H](NC(=O)OC)C(C)(C)C)NC(=O)[C@@H](NC(=O)OC)C(C)(C)C)c(F)c1. The normalized spacial score (nSPS) is 18.6. The molecule has 3 aliphatic heterocycles. The van der Waals surface area contributed by atoms with Crippen molar-refractivity contribution in [3.8, 4) is 11.8 Å². The Hall–Kier alpha value is -6.66. The lowest BCUT2D eigenvalue weighted by atomic mass is 9.85. The maximum Gasteiger partial charge on any atom is 0.407 e. The molecule has 3 aromatic rings. The van der Waals surface area contributed by atoms with Crippen molar-refractivity contribution in [2.45, 2.75) is 110 Å². The lowest BCUT2D eigenvalue weighted by molar-refractivity contribution is -0.132. The number of hydrazine groups is 1. The van der Waals surface area contributed by atoms with Gasteiger partial charge in [0, 0.05) is 73.8 Å². The molecule has 0 saturated carbocycles. The maximum atomic E-state index is 15.9. The molecule has 394 valence electrons. The number of rotatable bonds is 18. The van der Waals surface area contributed by atoms with E-state index in [0.717, 1.165) is 69.0 Å². The molecule has 18 nitrogen and oxygen atoms in total. The number of anilines is 1. The summed E-state index contributed by atoms with van der Waals surface area (Å²) >= 11 is 0. The van der Waals surface area contributed by atoms with Crippen LogP contribution in [0.5, 0.6) is 0 Å². The van der Waals surface area contributed by atoms with E-state index in [1.54, 1.807) is 79.1 Å². The number of aromatic nitrogens is 1. The Morgan fingerprint density at radius 2 is 1.42 bits per heavy atom. The number of piperazine rings is 1. The van der Waals surface area contributed by atoms with Gasteiger partial charge in [0.2, 0.25) is 5.91 Å². The molecule has 0 aliphatic carbocycles. The summed E-state index contributed by atoms with van der Waals surface area (Å²) in [4.78, 5) is 62.8. The minimum absolute atomic E-state index is 0.00145. The number of aliphatic hydroxyl groups is 1. The summed E-state index contributed by atoms with van der Waals surface area (Å²) in [5, 5.41) is 32.2. The molecule has 73 heavy (non-hydrogen) atoms. The molecule has 3 aliphatic rings. The first kappa shape index (κ1) is 55.7. The van der Waals surface area contributed by atoms with Crippen molar-refractivity contribution in [1.29, 1.82) is 5.41 Å². The molecular weight excluding hydrogens is 943 g/mol. The molecular formula is C53H70F2N10O8. The largest absolute Gasteiger partial charge is 0.453 e. The van der Waals surface area contributed by atoms with E-state index < -0.39 is 89.3 Å². The zero-order chi connectivity index (χ0) is 53.2. The van der Waals surface area contributed by atoms with Crippen LogP contribution in [0.2, 0.25) is 0 Å². The van der Waals surface area contributed by atoms with Gasteiger partial charge in [-0.3, -0.25) is 19.9 Å². The summed E-state index contributed by atoms with van der Waals surface area (Å²) < 4.78 is 46.9. The van der Waals surface area contributed by atoms with E-state index in [4.69, 9.17) is 24.6 Å². The molecule has 2 bridgehead atoms. The van der Waals surface area contributed by atoms with Crippen LogP contribution < -0.4 is 31.6 Å². The van der Waals surface area contributed by atoms with Gasteiger partial charge in [-0.05, 0) is 84.3 Å². The quantitative estimate of drug-likeness (QED) is 0.0535. The second kappa shape index (κ2) is 24.4. The number of ether oxygens (including phenoxy) is 3. The van der Waals surface area contributed by atoms with E-state index in [9.17, 15) is 24.3 Å². The zero-order valence-corrected chi connectivity index (χ0v) is 43.1. The third-order valence-electron chi connectivity index (χ3n) is 13.3. The minimum Gasteiger partial charge on any atom is -0.453 e. The van der Waals surface area contributed by atoms with E-state index in [1.165, 1.54) is 25.1 Å². The van der Waals surface area contributed by atoms with Crippen LogP contribution in [0, 0.1) is 39.7 Å². The van der Waals surface area contributed by atoms with E-state index in [2.05, 4.69) is 48.3 Å². The van der Waals surface area contributed by atoms with Crippen LogP contribution in [0.25, 0.3) is 0 Å². The number of fused-ring (bicyclic) bond motifs is 2. The van der Waals surface area contributed by atoms with Crippen molar-refractivity contribution in [3.63, 3.8) is 0 Å². The number of alkyl carbamates (subject to hydrolysis) is 2. The third kappa shape index (κ3) is 14.7. The second-order valence-electron chi connectivity index (χ2n) is 20.8. The Bertz CT molecular complexity index is 2500. The summed E-state index contributed by atoms with van der Waals surface area (Å²) in [5.41, 5.74) is 2.21. The summed E-state index contributed by atoms with van der Waals surface area (Å²) in [6, 6.07) is 11.1. The van der Waals surface area contributed by atoms with Gasteiger partial charge in [-0.2, -0.15) is 0 Å². The average molecular weight is 1010 g/mol. The van der Waals surface area contributed by atoms with Gasteiger partial charge in [-0.25, -0.2) is 28.4 Å². The first-order valence-corrected chi connectivity index (χ1v) is 24.4. The van der Waals surface area contributed by atoms with Crippen LogP contribution in [0.3, 0.4) is 0 Å². The molecule has 2 unspecified atom stereocenters. The van der Waals surface area contributed by atoms with Gasteiger partial charge in [0.05, 0.1) is 51.3 Å². The molecule has 4 amide bonds. The minimum atomic E-state index is -1.57. The van der Waals surface area contributed by atoms with Crippen LogP contribution >= 0.6 is 0 Å². The van der Waals surface area contributed by atoms with E-state index in [0.29, 0.717) is 29.3 Å². The monoisotopic (exact) mass is 1010 g/mol. The number of allylic oxidation sites excluding steroid dienone is 1. The molecule has 3 saturated heterocycles. The third-order valence-corrected chi connectivity index (χ3v) is 13.3. The van der Waals surface area contributed by atoms with Crippen LogP contribution in [-0.2, 0) is 36.8 Å². The van der Waals surface area contributed by atoms with Crippen molar-refractivity contribution in [2.24, 2.45) is 10.8 Å². The number of aliphatic hydroxyl groups excluding tert-OH is 1. The standard InChI is InChI=1S/C53H70F2N10O8/c1-52(2,3)46(60-50(69)71-8)48(67)59-43(22-33-13-10-32(11-14-33)12-15-34-16-19-45(58-25-34)63-26-36-17-18-37(27-63)65(36)38-30-73-31-38)44(66)29-64(62-49(68)47(53(4,5)6)61-51(70)72-9)28-39-40(54)23-35(24-41(39)55)42(56)20-21-57-7/h10-11,13-14,16,19-21,23-25,36-38,43-44,46-47,56-57,66H,17-18,22,26-31H2,1-9H3,(H,59,67)(H,60,69)(H,61,70)(H,62,68)/b21-20-,56-42?/t36?,37?,43-,44-,46+,47+/m0/s1. The van der Waals surface area contributed by atoms with Crippen LogP contribution in [0.4, 0.5) is 24.2 Å². The number of pyridine rings is 1. The Kier molecular flexibility index (Phi) is 18.6. The molecule has 0 spiro atoms. The second-order valence-corrected chi connectivity index (χ2v) is 20.8. The average Bonchev–Trinajstić information content (AvgIpc) is 3.55. The lowest BCUT2D eigenvalue weighted by Crippen LogP contribution is -2.62. The van der Waals surface area contributed by atoms with Crippen molar-refractivity contribution in [2.75, 3.05) is 59.0 Å². The molecule has 4 heterocycles. The summed E-state index contributed by atoms with van der Waals surface area (Å²) in [7, 11) is 3.90.